The van der Waals surface area contributed by atoms with Crippen molar-refractivity contribution in [2.24, 2.45) is 0 Å². The van der Waals surface area contributed by atoms with E-state index in [1.165, 1.54) is 0 Å². The highest BCUT2D eigenvalue weighted by atomic mass is 35.8. The SMILES string of the molecule is C=CCCC[Si](Cl)(Cl)Cl. The van der Waals surface area contributed by atoms with Crippen molar-refractivity contribution in [3.8, 4) is 0 Å². The third kappa shape index (κ3) is 8.83. The summed E-state index contributed by atoms with van der Waals surface area (Å²) in [6.07, 6.45) is 3.73. The van der Waals surface area contributed by atoms with Crippen LogP contribution in [0.3, 0.4) is 0 Å². The Bertz CT molecular complexity index is 86.7. The lowest BCUT2D eigenvalue weighted by atomic mass is 10.3. The Morgan fingerprint density at radius 2 is 1.89 bits per heavy atom. The first-order chi connectivity index (χ1) is 4.06. The lowest BCUT2D eigenvalue weighted by Gasteiger charge is -2.04. The molecule has 0 N–H and O–H groups in total. The normalized spacial score (nSPS) is 11.4. The summed E-state index contributed by atoms with van der Waals surface area (Å²) >= 11 is 16.8. The Morgan fingerprint density at radius 1 is 1.33 bits per heavy atom. The average Bonchev–Trinajstić information content (AvgIpc) is 1.63. The number of hydrogen-bond donors (Lipinski definition) is 0. The van der Waals surface area contributed by atoms with Gasteiger partial charge in [0.05, 0.1) is 0 Å². The number of rotatable bonds is 4. The van der Waals surface area contributed by atoms with Crippen LogP contribution in [-0.4, -0.2) is 6.00 Å². The number of unbranched alkanes of at least 4 members (excludes halogenated alkanes) is 1. The van der Waals surface area contributed by atoms with Gasteiger partial charge in [-0.3, -0.25) is 0 Å². The maximum absolute atomic E-state index is 5.60. The van der Waals surface area contributed by atoms with Crippen molar-refractivity contribution in [2.45, 2.75) is 18.9 Å². The summed E-state index contributed by atoms with van der Waals surface area (Å²) < 4.78 is 0. The lowest BCUT2D eigenvalue weighted by molar-refractivity contribution is 0.952. The molecular weight excluding hydrogens is 194 g/mol. The zero-order chi connectivity index (χ0) is 7.33. The van der Waals surface area contributed by atoms with Gasteiger partial charge in [0, 0.05) is 0 Å². The summed E-state index contributed by atoms with van der Waals surface area (Å²) in [5.74, 6) is 0. The van der Waals surface area contributed by atoms with Crippen molar-refractivity contribution in [1.82, 2.24) is 0 Å². The second-order valence-electron chi connectivity index (χ2n) is 1.80. The van der Waals surface area contributed by atoms with E-state index in [9.17, 15) is 0 Å². The van der Waals surface area contributed by atoms with E-state index in [0.717, 1.165) is 18.9 Å². The molecule has 0 saturated heterocycles. The summed E-state index contributed by atoms with van der Waals surface area (Å²) in [5, 5.41) is 0. The fraction of sp³-hybridized carbons (Fsp3) is 0.600. The van der Waals surface area contributed by atoms with Gasteiger partial charge in [-0.2, -0.15) is 0 Å². The van der Waals surface area contributed by atoms with Gasteiger partial charge in [0.1, 0.15) is 0 Å². The Hall–Kier alpha value is 0.827. The summed E-state index contributed by atoms with van der Waals surface area (Å²) in [7, 11) is 0. The third-order valence-corrected chi connectivity index (χ3v) is 3.49. The van der Waals surface area contributed by atoms with E-state index in [0.29, 0.717) is 0 Å². The molecule has 0 fully saturated rings. The molecule has 0 bridgehead atoms. The number of halogens is 3. The minimum Gasteiger partial charge on any atom is -0.126 e. The van der Waals surface area contributed by atoms with Crippen LogP contribution in [0, 0.1) is 0 Å². The molecule has 54 valence electrons. The van der Waals surface area contributed by atoms with E-state index in [2.05, 4.69) is 6.58 Å². The minimum absolute atomic E-state index is 0.740. The smallest absolute Gasteiger partial charge is 0.126 e. The highest BCUT2D eigenvalue weighted by Crippen LogP contribution is 2.26. The van der Waals surface area contributed by atoms with Crippen LogP contribution in [0.25, 0.3) is 0 Å². The second-order valence-corrected chi connectivity index (χ2v) is 11.1. The van der Waals surface area contributed by atoms with E-state index in [-0.39, 0.29) is 0 Å². The molecule has 0 aliphatic rings. The van der Waals surface area contributed by atoms with Gasteiger partial charge < -0.3 is 0 Å². The first-order valence-electron chi connectivity index (χ1n) is 2.74. The van der Waals surface area contributed by atoms with Crippen LogP contribution < -0.4 is 0 Å². The maximum atomic E-state index is 5.60. The van der Waals surface area contributed by atoms with Crippen LogP contribution in [0.4, 0.5) is 0 Å². The Morgan fingerprint density at radius 3 is 2.22 bits per heavy atom. The van der Waals surface area contributed by atoms with E-state index >= 15 is 0 Å². The van der Waals surface area contributed by atoms with Gasteiger partial charge in [-0.05, 0) is 18.9 Å². The monoisotopic (exact) mass is 202 g/mol. The van der Waals surface area contributed by atoms with E-state index < -0.39 is 6.00 Å². The van der Waals surface area contributed by atoms with Gasteiger partial charge in [0.15, 0.2) is 0 Å². The fourth-order valence-corrected chi connectivity index (χ4v) is 2.25. The van der Waals surface area contributed by atoms with Crippen molar-refractivity contribution >= 4 is 39.2 Å². The molecule has 0 aliphatic heterocycles. The molecule has 0 atom stereocenters. The van der Waals surface area contributed by atoms with Crippen LogP contribution in [-0.2, 0) is 0 Å². The van der Waals surface area contributed by atoms with Crippen LogP contribution in [0.5, 0.6) is 0 Å². The summed E-state index contributed by atoms with van der Waals surface area (Å²) in [6, 6.07) is -1.59. The molecule has 0 spiro atoms. The molecule has 0 aliphatic carbocycles. The number of hydrogen-bond acceptors (Lipinski definition) is 0. The quantitative estimate of drug-likeness (QED) is 0.283. The van der Waals surface area contributed by atoms with E-state index in [1.54, 1.807) is 0 Å². The average molecular weight is 204 g/mol. The second kappa shape index (κ2) is 4.61. The highest BCUT2D eigenvalue weighted by Gasteiger charge is 2.23. The van der Waals surface area contributed by atoms with Crippen LogP contribution in [0.2, 0.25) is 6.04 Å². The van der Waals surface area contributed by atoms with Crippen molar-refractivity contribution in [2.75, 3.05) is 0 Å². The molecule has 0 aromatic rings. The lowest BCUT2D eigenvalue weighted by Crippen LogP contribution is -2.07. The largest absolute Gasteiger partial charge is 0.341 e. The van der Waals surface area contributed by atoms with Crippen LogP contribution in [0.15, 0.2) is 12.7 Å². The van der Waals surface area contributed by atoms with Crippen molar-refractivity contribution < 1.29 is 0 Å². The van der Waals surface area contributed by atoms with Gasteiger partial charge in [-0.25, -0.2) is 0 Å². The summed E-state index contributed by atoms with van der Waals surface area (Å²) in [5.41, 5.74) is 0. The molecule has 0 aromatic heterocycles. The van der Waals surface area contributed by atoms with Gasteiger partial charge in [0.25, 0.3) is 0 Å². The van der Waals surface area contributed by atoms with Crippen molar-refractivity contribution in [3.05, 3.63) is 12.7 Å². The van der Waals surface area contributed by atoms with Crippen LogP contribution >= 0.6 is 33.2 Å². The summed E-state index contributed by atoms with van der Waals surface area (Å²) in [4.78, 5) is 0. The standard InChI is InChI=1S/C5H9Cl3Si/c1-2-3-4-5-9(6,7)8/h2H,1,3-5H2. The van der Waals surface area contributed by atoms with Gasteiger partial charge in [-0.15, -0.1) is 39.8 Å². The number of allylic oxidation sites excluding steroid dienone is 1. The molecule has 0 saturated carbocycles. The van der Waals surface area contributed by atoms with Crippen molar-refractivity contribution in [3.63, 3.8) is 0 Å². The van der Waals surface area contributed by atoms with Gasteiger partial charge in [-0.1, -0.05) is 6.08 Å². The molecule has 0 unspecified atom stereocenters. The van der Waals surface area contributed by atoms with Crippen molar-refractivity contribution in [1.29, 1.82) is 0 Å². The van der Waals surface area contributed by atoms with E-state index in [1.807, 2.05) is 6.08 Å². The first-order valence-corrected chi connectivity index (χ1v) is 7.98. The Balaban J connectivity index is 3.17. The third-order valence-electron chi connectivity index (χ3n) is 0.868. The topological polar surface area (TPSA) is 0 Å². The van der Waals surface area contributed by atoms with E-state index in [4.69, 9.17) is 33.2 Å². The molecule has 0 rings (SSSR count). The molecule has 0 nitrogen and oxygen atoms in total. The molecular formula is C5H9Cl3Si. The molecule has 9 heavy (non-hydrogen) atoms. The fourth-order valence-electron chi connectivity index (χ4n) is 0.447. The zero-order valence-electron chi connectivity index (χ0n) is 5.04. The van der Waals surface area contributed by atoms with Crippen LogP contribution in [0.1, 0.15) is 12.8 Å². The molecule has 0 radical (unpaired) electrons. The molecule has 0 amide bonds. The zero-order valence-corrected chi connectivity index (χ0v) is 8.31. The predicted molar refractivity (Wildman–Crippen MR) is 47.6 cm³/mol. The maximum Gasteiger partial charge on any atom is 0.341 e. The molecule has 0 heterocycles. The molecule has 4 heteroatoms. The molecule has 0 aromatic carbocycles. The van der Waals surface area contributed by atoms with Gasteiger partial charge >= 0.3 is 6.00 Å². The summed E-state index contributed by atoms with van der Waals surface area (Å²) in [6.45, 7) is 3.57. The minimum atomic E-state index is -2.33. The Kier molecular flexibility index (Phi) is 5.04. The first kappa shape index (κ1) is 9.83. The van der Waals surface area contributed by atoms with Gasteiger partial charge in [0.2, 0.25) is 0 Å². The predicted octanol–water partition coefficient (Wildman–Crippen LogP) is 3.61. The Labute approximate surface area is 70.9 Å². The highest BCUT2D eigenvalue weighted by molar-refractivity contribution is 7.64.